The minimum Gasteiger partial charge on any atom is -0.309 e. The van der Waals surface area contributed by atoms with Crippen molar-refractivity contribution in [3.63, 3.8) is 0 Å². The number of likely N-dealkylation sites (N-methyl/N-ethyl adjacent to an activating group) is 1. The third-order valence-corrected chi connectivity index (χ3v) is 2.92. The number of pyridine rings is 1. The zero-order valence-corrected chi connectivity index (χ0v) is 11.2. The first-order valence-corrected chi connectivity index (χ1v) is 6.33. The van der Waals surface area contributed by atoms with Gasteiger partial charge in [-0.15, -0.1) is 0 Å². The summed E-state index contributed by atoms with van der Waals surface area (Å²) in [5.41, 5.74) is 3.38. The highest BCUT2D eigenvalue weighted by molar-refractivity contribution is 5.17. The van der Waals surface area contributed by atoms with Crippen LogP contribution in [0.25, 0.3) is 0 Å². The fourth-order valence-electron chi connectivity index (χ4n) is 2.10. The second kappa shape index (κ2) is 5.78. The summed E-state index contributed by atoms with van der Waals surface area (Å²) < 4.78 is 1.84. The molecule has 0 aliphatic heterocycles. The largest absolute Gasteiger partial charge is 0.309 e. The van der Waals surface area contributed by atoms with E-state index in [-0.39, 0.29) is 6.04 Å². The Hall–Kier alpha value is -1.68. The summed E-state index contributed by atoms with van der Waals surface area (Å²) >= 11 is 0. The van der Waals surface area contributed by atoms with Crippen LogP contribution in [0.5, 0.6) is 0 Å². The maximum absolute atomic E-state index is 4.61. The fourth-order valence-corrected chi connectivity index (χ4v) is 2.10. The second-order valence-electron chi connectivity index (χ2n) is 4.54. The Morgan fingerprint density at radius 1 is 1.39 bits per heavy atom. The lowest BCUT2D eigenvalue weighted by Crippen LogP contribution is -2.24. The molecule has 0 saturated heterocycles. The molecule has 2 aromatic heterocycles. The van der Waals surface area contributed by atoms with E-state index >= 15 is 0 Å². The van der Waals surface area contributed by atoms with Gasteiger partial charge in [0.1, 0.15) is 0 Å². The Labute approximate surface area is 108 Å². The van der Waals surface area contributed by atoms with Gasteiger partial charge in [0.15, 0.2) is 0 Å². The molecule has 1 N–H and O–H groups in total. The van der Waals surface area contributed by atoms with E-state index in [9.17, 15) is 0 Å². The number of rotatable bonds is 5. The van der Waals surface area contributed by atoms with Gasteiger partial charge in [0, 0.05) is 18.9 Å². The van der Waals surface area contributed by atoms with Gasteiger partial charge in [0.05, 0.1) is 17.9 Å². The van der Waals surface area contributed by atoms with Gasteiger partial charge in [-0.2, -0.15) is 5.10 Å². The van der Waals surface area contributed by atoms with E-state index in [4.69, 9.17) is 0 Å². The Bertz CT molecular complexity index is 504. The van der Waals surface area contributed by atoms with E-state index in [0.717, 1.165) is 24.4 Å². The van der Waals surface area contributed by atoms with E-state index in [1.165, 1.54) is 5.56 Å². The van der Waals surface area contributed by atoms with Crippen molar-refractivity contribution < 1.29 is 0 Å². The minimum atomic E-state index is 0.249. The molecule has 1 atom stereocenters. The van der Waals surface area contributed by atoms with Crippen LogP contribution in [0.3, 0.4) is 0 Å². The first-order chi connectivity index (χ1) is 8.69. The summed E-state index contributed by atoms with van der Waals surface area (Å²) in [5.74, 6) is 0. The molecule has 4 heteroatoms. The zero-order valence-electron chi connectivity index (χ0n) is 11.2. The van der Waals surface area contributed by atoms with Gasteiger partial charge in [-0.05, 0) is 37.6 Å². The Morgan fingerprint density at radius 3 is 2.83 bits per heavy atom. The van der Waals surface area contributed by atoms with E-state index in [1.54, 1.807) is 0 Å². The maximum Gasteiger partial charge on any atom is 0.0579 e. The topological polar surface area (TPSA) is 42.7 Å². The quantitative estimate of drug-likeness (QED) is 0.875. The van der Waals surface area contributed by atoms with Crippen LogP contribution in [0.2, 0.25) is 0 Å². The summed E-state index contributed by atoms with van der Waals surface area (Å²) in [7, 11) is 1.94. The fraction of sp³-hybridized carbons (Fsp3) is 0.429. The minimum absolute atomic E-state index is 0.249. The van der Waals surface area contributed by atoms with Crippen molar-refractivity contribution >= 4 is 0 Å². The molecule has 4 nitrogen and oxygen atoms in total. The first-order valence-electron chi connectivity index (χ1n) is 6.33. The Balaban J connectivity index is 2.17. The van der Waals surface area contributed by atoms with Gasteiger partial charge in [-0.25, -0.2) is 0 Å². The number of nitrogens with zero attached hydrogens (tertiary/aromatic N) is 3. The monoisotopic (exact) mass is 244 g/mol. The van der Waals surface area contributed by atoms with Gasteiger partial charge < -0.3 is 5.32 Å². The lowest BCUT2D eigenvalue weighted by atomic mass is 10.1. The average molecular weight is 244 g/mol. The maximum atomic E-state index is 4.61. The van der Waals surface area contributed by atoms with E-state index in [2.05, 4.69) is 40.7 Å². The first kappa shape index (κ1) is 12.8. The van der Waals surface area contributed by atoms with Crippen molar-refractivity contribution in [1.82, 2.24) is 20.1 Å². The van der Waals surface area contributed by atoms with Gasteiger partial charge in [-0.1, -0.05) is 13.0 Å². The van der Waals surface area contributed by atoms with Crippen molar-refractivity contribution in [3.05, 3.63) is 47.5 Å². The smallest absolute Gasteiger partial charge is 0.0579 e. The molecule has 0 aromatic carbocycles. The average Bonchev–Trinajstić information content (AvgIpc) is 2.74. The lowest BCUT2D eigenvalue weighted by Gasteiger charge is -2.17. The highest BCUT2D eigenvalue weighted by atomic mass is 15.2. The number of hydrogen-bond donors (Lipinski definition) is 1. The highest BCUT2D eigenvalue weighted by Crippen LogP contribution is 2.16. The van der Waals surface area contributed by atoms with Crippen LogP contribution in [0.4, 0.5) is 0 Å². The molecule has 2 aromatic rings. The Kier molecular flexibility index (Phi) is 4.10. The molecule has 18 heavy (non-hydrogen) atoms. The van der Waals surface area contributed by atoms with Crippen LogP contribution in [0.1, 0.15) is 29.9 Å². The molecule has 0 radical (unpaired) electrons. The SMILES string of the molecule is CCNC(Cc1cnn(C)c1)c1cccc(C)n1. The molecular weight excluding hydrogens is 224 g/mol. The van der Waals surface area contributed by atoms with Gasteiger partial charge in [-0.3, -0.25) is 9.67 Å². The standard InChI is InChI=1S/C14H20N4/c1-4-15-14(8-12-9-16-18(3)10-12)13-7-5-6-11(2)17-13/h5-7,9-10,14-15H,4,8H2,1-3H3. The Morgan fingerprint density at radius 2 is 2.22 bits per heavy atom. The van der Waals surface area contributed by atoms with Gasteiger partial charge >= 0.3 is 0 Å². The molecule has 0 aliphatic carbocycles. The molecule has 0 saturated carbocycles. The van der Waals surface area contributed by atoms with Gasteiger partial charge in [0.25, 0.3) is 0 Å². The molecule has 0 amide bonds. The molecule has 0 fully saturated rings. The van der Waals surface area contributed by atoms with Crippen LogP contribution in [-0.4, -0.2) is 21.3 Å². The van der Waals surface area contributed by atoms with Crippen molar-refractivity contribution in [3.8, 4) is 0 Å². The van der Waals surface area contributed by atoms with Crippen LogP contribution in [0.15, 0.2) is 30.6 Å². The number of hydrogen-bond acceptors (Lipinski definition) is 3. The summed E-state index contributed by atoms with van der Waals surface area (Å²) in [6, 6.07) is 6.41. The predicted octanol–water partition coefficient (Wildman–Crippen LogP) is 2.02. The highest BCUT2D eigenvalue weighted by Gasteiger charge is 2.13. The molecule has 96 valence electrons. The molecule has 1 unspecified atom stereocenters. The van der Waals surface area contributed by atoms with Crippen LogP contribution in [0, 0.1) is 6.92 Å². The third-order valence-electron chi connectivity index (χ3n) is 2.92. The molecule has 2 rings (SSSR count). The summed E-state index contributed by atoms with van der Waals surface area (Å²) in [4.78, 5) is 4.61. The molecule has 0 bridgehead atoms. The third kappa shape index (κ3) is 3.17. The predicted molar refractivity (Wildman–Crippen MR) is 72.3 cm³/mol. The summed E-state index contributed by atoms with van der Waals surface area (Å²) in [5, 5.41) is 7.69. The lowest BCUT2D eigenvalue weighted by molar-refractivity contribution is 0.535. The van der Waals surface area contributed by atoms with E-state index in [1.807, 2.05) is 30.9 Å². The second-order valence-corrected chi connectivity index (χ2v) is 4.54. The van der Waals surface area contributed by atoms with Crippen LogP contribution >= 0.6 is 0 Å². The van der Waals surface area contributed by atoms with E-state index < -0.39 is 0 Å². The van der Waals surface area contributed by atoms with Crippen molar-refractivity contribution in [1.29, 1.82) is 0 Å². The zero-order chi connectivity index (χ0) is 13.0. The number of aromatic nitrogens is 3. The molecule has 0 spiro atoms. The van der Waals surface area contributed by atoms with Crippen molar-refractivity contribution in [2.24, 2.45) is 7.05 Å². The van der Waals surface area contributed by atoms with Crippen LogP contribution < -0.4 is 5.32 Å². The van der Waals surface area contributed by atoms with Crippen molar-refractivity contribution in [2.45, 2.75) is 26.3 Å². The molecular formula is C14H20N4. The number of aryl methyl sites for hydroxylation is 2. The van der Waals surface area contributed by atoms with E-state index in [0.29, 0.717) is 0 Å². The summed E-state index contributed by atoms with van der Waals surface area (Å²) in [6.45, 7) is 5.07. The van der Waals surface area contributed by atoms with Crippen LogP contribution in [-0.2, 0) is 13.5 Å². The normalized spacial score (nSPS) is 12.6. The summed E-state index contributed by atoms with van der Waals surface area (Å²) in [6.07, 6.45) is 4.89. The van der Waals surface area contributed by atoms with Crippen molar-refractivity contribution in [2.75, 3.05) is 6.54 Å². The molecule has 0 aliphatic rings. The molecule has 2 heterocycles. The van der Waals surface area contributed by atoms with Gasteiger partial charge in [0.2, 0.25) is 0 Å². The number of nitrogens with one attached hydrogen (secondary N) is 1.